The van der Waals surface area contributed by atoms with Gasteiger partial charge in [0.05, 0.1) is 6.54 Å². The number of urea groups is 1. The van der Waals surface area contributed by atoms with Crippen molar-refractivity contribution in [3.63, 3.8) is 0 Å². The highest BCUT2D eigenvalue weighted by Crippen LogP contribution is 2.15. The number of benzene rings is 1. The first-order valence-corrected chi connectivity index (χ1v) is 8.74. The average Bonchev–Trinajstić information content (AvgIpc) is 2.60. The van der Waals surface area contributed by atoms with Gasteiger partial charge in [0.25, 0.3) is 0 Å². The molecule has 1 heterocycles. The van der Waals surface area contributed by atoms with Gasteiger partial charge in [-0.2, -0.15) is 0 Å². The molecule has 8 heteroatoms. The number of carbonyl (C=O) groups is 3. The van der Waals surface area contributed by atoms with Gasteiger partial charge < -0.3 is 15.3 Å². The van der Waals surface area contributed by atoms with E-state index in [0.717, 1.165) is 25.9 Å². The Bertz CT molecular complexity index is 615. The summed E-state index contributed by atoms with van der Waals surface area (Å²) in [6.07, 6.45) is 2.00. The normalized spacial score (nSPS) is 15.6. The van der Waals surface area contributed by atoms with Gasteiger partial charge in [-0.15, -0.1) is 0 Å². The zero-order chi connectivity index (χ0) is 18.9. The average molecular weight is 362 g/mol. The fourth-order valence-electron chi connectivity index (χ4n) is 3.06. The third-order valence-electron chi connectivity index (χ3n) is 4.50. The summed E-state index contributed by atoms with van der Waals surface area (Å²) in [4.78, 5) is 38.5. The smallest absolute Gasteiger partial charge is 0.325 e. The molecule has 0 aliphatic carbocycles. The number of imide groups is 1. The summed E-state index contributed by atoms with van der Waals surface area (Å²) >= 11 is 0. The third-order valence-corrected chi connectivity index (χ3v) is 4.50. The number of nitrogens with zero attached hydrogens (tertiary/aromatic N) is 2. The lowest BCUT2D eigenvalue weighted by Gasteiger charge is -2.36. The number of amides is 3. The molecule has 0 radical (unpaired) electrons. The number of carbonyl (C=O) groups excluding carboxylic acids is 2. The van der Waals surface area contributed by atoms with Crippen LogP contribution in [0.2, 0.25) is 0 Å². The minimum atomic E-state index is -0.819. The lowest BCUT2D eigenvalue weighted by molar-refractivity contribution is -0.138. The van der Waals surface area contributed by atoms with Crippen LogP contribution in [-0.4, -0.2) is 72.1 Å². The van der Waals surface area contributed by atoms with Gasteiger partial charge in [0, 0.05) is 24.7 Å². The minimum absolute atomic E-state index is 0.0452. The maximum absolute atomic E-state index is 11.9. The van der Waals surface area contributed by atoms with Crippen LogP contribution >= 0.6 is 0 Å². The third kappa shape index (κ3) is 6.81. The minimum Gasteiger partial charge on any atom is -0.480 e. The van der Waals surface area contributed by atoms with Crippen LogP contribution in [0.15, 0.2) is 30.3 Å². The number of nitrogens with one attached hydrogen (secondary N) is 2. The molecule has 0 bridgehead atoms. The number of likely N-dealkylation sites (N-methyl/N-ethyl adjacent to an activating group) is 1. The van der Waals surface area contributed by atoms with Crippen molar-refractivity contribution in [3.05, 3.63) is 30.3 Å². The predicted octanol–water partition coefficient (Wildman–Crippen LogP) is 1.21. The molecule has 3 N–H and O–H groups in total. The molecule has 3 amide bonds. The number of piperidine rings is 1. The largest absolute Gasteiger partial charge is 0.480 e. The first-order chi connectivity index (χ1) is 12.4. The molecule has 1 aromatic rings. The van der Waals surface area contributed by atoms with Crippen LogP contribution in [0.5, 0.6) is 0 Å². The van der Waals surface area contributed by atoms with E-state index in [1.54, 1.807) is 24.3 Å². The molecule has 142 valence electrons. The van der Waals surface area contributed by atoms with Crippen molar-refractivity contribution in [2.24, 2.45) is 0 Å². The second-order valence-electron chi connectivity index (χ2n) is 6.50. The first kappa shape index (κ1) is 19.9. The van der Waals surface area contributed by atoms with Gasteiger partial charge in [-0.3, -0.25) is 19.8 Å². The number of hydrogen-bond acceptors (Lipinski definition) is 5. The monoisotopic (exact) mass is 362 g/mol. The molecule has 1 aliphatic heterocycles. The number of hydrogen-bond donors (Lipinski definition) is 3. The number of rotatable bonds is 7. The summed E-state index contributed by atoms with van der Waals surface area (Å²) in [5, 5.41) is 13.8. The maximum atomic E-state index is 11.9. The summed E-state index contributed by atoms with van der Waals surface area (Å²) in [5.41, 5.74) is 0.630. The molecule has 1 saturated heterocycles. The molecule has 1 aliphatic rings. The highest BCUT2D eigenvalue weighted by molar-refractivity contribution is 6.01. The van der Waals surface area contributed by atoms with E-state index in [4.69, 9.17) is 5.11 Å². The van der Waals surface area contributed by atoms with Crippen molar-refractivity contribution in [3.8, 4) is 0 Å². The zero-order valence-electron chi connectivity index (χ0n) is 15.0. The Morgan fingerprint density at radius 1 is 1.19 bits per heavy atom. The van der Waals surface area contributed by atoms with Crippen molar-refractivity contribution in [1.29, 1.82) is 0 Å². The van der Waals surface area contributed by atoms with Crippen molar-refractivity contribution in [2.75, 3.05) is 38.5 Å². The van der Waals surface area contributed by atoms with Crippen molar-refractivity contribution in [2.45, 2.75) is 25.3 Å². The van der Waals surface area contributed by atoms with Crippen molar-refractivity contribution >= 4 is 23.6 Å². The molecule has 26 heavy (non-hydrogen) atoms. The SMILES string of the molecule is CN(CC(=O)O)C1CCN(CCC(=O)NC(=O)Nc2ccccc2)CC1. The highest BCUT2D eigenvalue weighted by Gasteiger charge is 2.23. The molecular weight excluding hydrogens is 336 g/mol. The second kappa shape index (κ2) is 9.88. The Morgan fingerprint density at radius 3 is 2.46 bits per heavy atom. The molecule has 8 nitrogen and oxygen atoms in total. The number of likely N-dealkylation sites (tertiary alicyclic amines) is 1. The Balaban J connectivity index is 1.64. The molecule has 0 aromatic heterocycles. The lowest BCUT2D eigenvalue weighted by atomic mass is 10.0. The van der Waals surface area contributed by atoms with Crippen LogP contribution in [0, 0.1) is 0 Å². The molecular formula is C18H26N4O4. The van der Waals surface area contributed by atoms with Gasteiger partial charge in [-0.1, -0.05) is 18.2 Å². The predicted molar refractivity (Wildman–Crippen MR) is 97.9 cm³/mol. The Hall–Kier alpha value is -2.45. The van der Waals surface area contributed by atoms with E-state index in [9.17, 15) is 14.4 Å². The molecule has 0 saturated carbocycles. The van der Waals surface area contributed by atoms with Crippen LogP contribution < -0.4 is 10.6 Å². The molecule has 0 atom stereocenters. The number of aliphatic carboxylic acids is 1. The zero-order valence-corrected chi connectivity index (χ0v) is 15.0. The van der Waals surface area contributed by atoms with Crippen LogP contribution in [0.4, 0.5) is 10.5 Å². The fourth-order valence-corrected chi connectivity index (χ4v) is 3.06. The molecule has 0 unspecified atom stereocenters. The second-order valence-corrected chi connectivity index (χ2v) is 6.50. The quantitative estimate of drug-likeness (QED) is 0.674. The number of anilines is 1. The Labute approximate surface area is 153 Å². The molecule has 2 rings (SSSR count). The lowest BCUT2D eigenvalue weighted by Crippen LogP contribution is -2.45. The van der Waals surface area contributed by atoms with Crippen LogP contribution in [0.3, 0.4) is 0 Å². The van der Waals surface area contributed by atoms with Crippen LogP contribution in [0.1, 0.15) is 19.3 Å². The number of para-hydroxylation sites is 1. The van der Waals surface area contributed by atoms with Crippen molar-refractivity contribution in [1.82, 2.24) is 15.1 Å². The Morgan fingerprint density at radius 2 is 1.85 bits per heavy atom. The molecule has 1 fully saturated rings. The van der Waals surface area contributed by atoms with Crippen molar-refractivity contribution < 1.29 is 19.5 Å². The summed E-state index contributed by atoms with van der Waals surface area (Å²) < 4.78 is 0. The van der Waals surface area contributed by atoms with Gasteiger partial charge >= 0.3 is 12.0 Å². The fraction of sp³-hybridized carbons (Fsp3) is 0.500. The van der Waals surface area contributed by atoms with Crippen LogP contribution in [0.25, 0.3) is 0 Å². The van der Waals surface area contributed by atoms with E-state index in [1.807, 2.05) is 18.0 Å². The van der Waals surface area contributed by atoms with Crippen LogP contribution in [-0.2, 0) is 9.59 Å². The van der Waals surface area contributed by atoms with E-state index >= 15 is 0 Å². The highest BCUT2D eigenvalue weighted by atomic mass is 16.4. The topological polar surface area (TPSA) is 102 Å². The van der Waals surface area contributed by atoms with E-state index < -0.39 is 12.0 Å². The van der Waals surface area contributed by atoms with E-state index in [-0.39, 0.29) is 24.9 Å². The molecule has 0 spiro atoms. The standard InChI is InChI=1S/C18H26N4O4/c1-21(13-17(24)25)15-7-10-22(11-8-15)12-9-16(23)20-18(26)19-14-5-3-2-4-6-14/h2-6,15H,7-13H2,1H3,(H,24,25)(H2,19,20,23,26). The van der Waals surface area contributed by atoms with Gasteiger partial charge in [-0.25, -0.2) is 4.79 Å². The molecule has 1 aromatic carbocycles. The van der Waals surface area contributed by atoms with Gasteiger partial charge in [-0.05, 0) is 45.1 Å². The summed E-state index contributed by atoms with van der Waals surface area (Å²) in [6, 6.07) is 8.66. The van der Waals surface area contributed by atoms with Gasteiger partial charge in [0.1, 0.15) is 0 Å². The summed E-state index contributed by atoms with van der Waals surface area (Å²) in [7, 11) is 1.83. The summed E-state index contributed by atoms with van der Waals surface area (Å²) in [6.45, 7) is 2.26. The summed E-state index contributed by atoms with van der Waals surface area (Å²) in [5.74, 6) is -1.14. The number of carboxylic acid groups (broad SMARTS) is 1. The Kier molecular flexibility index (Phi) is 7.55. The van der Waals surface area contributed by atoms with E-state index in [0.29, 0.717) is 12.2 Å². The van der Waals surface area contributed by atoms with Gasteiger partial charge in [0.2, 0.25) is 5.91 Å². The van der Waals surface area contributed by atoms with E-state index in [1.165, 1.54) is 0 Å². The first-order valence-electron chi connectivity index (χ1n) is 8.74. The maximum Gasteiger partial charge on any atom is 0.325 e. The van der Waals surface area contributed by atoms with E-state index in [2.05, 4.69) is 15.5 Å². The van der Waals surface area contributed by atoms with Gasteiger partial charge in [0.15, 0.2) is 0 Å². The number of carboxylic acids is 1.